The van der Waals surface area contributed by atoms with E-state index >= 15 is 0 Å². The molecule has 0 fully saturated rings. The van der Waals surface area contributed by atoms with E-state index in [1.165, 1.54) is 7.11 Å². The maximum absolute atomic E-state index is 12.3. The molecule has 0 saturated carbocycles. The summed E-state index contributed by atoms with van der Waals surface area (Å²) in [7, 11) is 1.21. The molecule has 2 N–H and O–H groups in total. The zero-order chi connectivity index (χ0) is 20.8. The van der Waals surface area contributed by atoms with Gasteiger partial charge in [0.25, 0.3) is 11.5 Å². The molecule has 1 amide bonds. The number of hydrogen-bond donors (Lipinski definition) is 2. The molecule has 0 radical (unpaired) electrons. The Labute approximate surface area is 165 Å². The van der Waals surface area contributed by atoms with Crippen molar-refractivity contribution in [1.82, 2.24) is 15.3 Å². The second kappa shape index (κ2) is 9.45. The van der Waals surface area contributed by atoms with E-state index in [1.807, 2.05) is 13.8 Å². The number of aromatic nitrogens is 2. The van der Waals surface area contributed by atoms with Crippen LogP contribution in [0.2, 0.25) is 0 Å². The van der Waals surface area contributed by atoms with Gasteiger partial charge in [0, 0.05) is 11.6 Å². The Morgan fingerprint density at radius 1 is 1.32 bits per heavy atom. The summed E-state index contributed by atoms with van der Waals surface area (Å²) in [5.74, 6) is -1.42. The van der Waals surface area contributed by atoms with Gasteiger partial charge in [-0.2, -0.15) is 0 Å². The third-order valence-electron chi connectivity index (χ3n) is 3.96. The summed E-state index contributed by atoms with van der Waals surface area (Å²) in [4.78, 5) is 55.6. The molecule has 2 heterocycles. The Kier molecular flexibility index (Phi) is 7.27. The van der Waals surface area contributed by atoms with Gasteiger partial charge in [-0.3, -0.25) is 14.4 Å². The van der Waals surface area contributed by atoms with E-state index in [0.717, 1.165) is 24.2 Å². The molecule has 0 aliphatic heterocycles. The summed E-state index contributed by atoms with van der Waals surface area (Å²) >= 11 is 0.972. The Hall–Kier alpha value is -2.75. The zero-order valence-corrected chi connectivity index (χ0v) is 17.0. The standard InChI is InChI=1S/C18H23N3O6S/c1-5-6-9(2)19-12(22)8-27-13(23)7-11-14-16(24)20-10(3)21-17(14)28-15(11)18(25)26-4/h9H,5-8H2,1-4H3,(H,19,22)(H,20,21,24)/t9-/m1/s1. The molecule has 1 atom stereocenters. The van der Waals surface area contributed by atoms with Gasteiger partial charge in [-0.05, 0) is 20.3 Å². The highest BCUT2D eigenvalue weighted by Crippen LogP contribution is 2.29. The van der Waals surface area contributed by atoms with E-state index in [-0.39, 0.29) is 28.3 Å². The molecule has 0 spiro atoms. The van der Waals surface area contributed by atoms with Crippen molar-refractivity contribution in [3.8, 4) is 0 Å². The molecule has 0 unspecified atom stereocenters. The Bertz CT molecular complexity index is 949. The molecule has 10 heteroatoms. The number of aromatic amines is 1. The van der Waals surface area contributed by atoms with E-state index in [0.29, 0.717) is 10.7 Å². The van der Waals surface area contributed by atoms with Crippen molar-refractivity contribution in [2.75, 3.05) is 13.7 Å². The van der Waals surface area contributed by atoms with Gasteiger partial charge in [-0.15, -0.1) is 11.3 Å². The number of nitrogens with one attached hydrogen (secondary N) is 2. The summed E-state index contributed by atoms with van der Waals surface area (Å²) in [6.07, 6.45) is 1.39. The second-order valence-electron chi connectivity index (χ2n) is 6.33. The number of esters is 2. The number of hydrogen-bond acceptors (Lipinski definition) is 8. The highest BCUT2D eigenvalue weighted by atomic mass is 32.1. The largest absolute Gasteiger partial charge is 0.465 e. The summed E-state index contributed by atoms with van der Waals surface area (Å²) in [6.45, 7) is 5.05. The third kappa shape index (κ3) is 5.16. The molecule has 0 aliphatic rings. The lowest BCUT2D eigenvalue weighted by Gasteiger charge is -2.12. The van der Waals surface area contributed by atoms with Gasteiger partial charge < -0.3 is 19.8 Å². The summed E-state index contributed by atoms with van der Waals surface area (Å²) < 4.78 is 9.74. The first-order chi connectivity index (χ1) is 13.3. The lowest BCUT2D eigenvalue weighted by molar-refractivity contribution is -0.148. The van der Waals surface area contributed by atoms with Crippen LogP contribution in [0.5, 0.6) is 0 Å². The first-order valence-corrected chi connectivity index (χ1v) is 9.64. The van der Waals surface area contributed by atoms with Crippen LogP contribution in [0.1, 0.15) is 47.7 Å². The summed E-state index contributed by atoms with van der Waals surface area (Å²) in [6, 6.07) is -0.0178. The van der Waals surface area contributed by atoms with E-state index in [2.05, 4.69) is 15.3 Å². The van der Waals surface area contributed by atoms with Crippen LogP contribution in [0.4, 0.5) is 0 Å². The Morgan fingerprint density at radius 2 is 2.04 bits per heavy atom. The second-order valence-corrected chi connectivity index (χ2v) is 7.33. The van der Waals surface area contributed by atoms with Crippen LogP contribution < -0.4 is 10.9 Å². The molecule has 0 aliphatic carbocycles. The Morgan fingerprint density at radius 3 is 2.68 bits per heavy atom. The van der Waals surface area contributed by atoms with Crippen LogP contribution in [0.25, 0.3) is 10.2 Å². The van der Waals surface area contributed by atoms with Crippen LogP contribution in [0.15, 0.2) is 4.79 Å². The maximum atomic E-state index is 12.3. The predicted octanol–water partition coefficient (Wildman–Crippen LogP) is 1.47. The van der Waals surface area contributed by atoms with Crippen molar-refractivity contribution in [2.24, 2.45) is 0 Å². The summed E-state index contributed by atoms with van der Waals surface area (Å²) in [5.41, 5.74) is -0.270. The molecular weight excluding hydrogens is 386 g/mol. The van der Waals surface area contributed by atoms with Gasteiger partial charge in [-0.1, -0.05) is 13.3 Å². The van der Waals surface area contributed by atoms with Crippen molar-refractivity contribution in [3.05, 3.63) is 26.6 Å². The van der Waals surface area contributed by atoms with Crippen LogP contribution in [-0.4, -0.2) is 47.6 Å². The normalized spacial score (nSPS) is 11.9. The van der Waals surface area contributed by atoms with Gasteiger partial charge in [-0.25, -0.2) is 9.78 Å². The van der Waals surface area contributed by atoms with Crippen molar-refractivity contribution in [2.45, 2.75) is 46.1 Å². The van der Waals surface area contributed by atoms with Crippen molar-refractivity contribution in [3.63, 3.8) is 0 Å². The highest BCUT2D eigenvalue weighted by Gasteiger charge is 2.25. The molecular formula is C18H23N3O6S. The minimum Gasteiger partial charge on any atom is -0.465 e. The molecule has 0 aromatic carbocycles. The van der Waals surface area contributed by atoms with Crippen LogP contribution in [-0.2, 0) is 25.5 Å². The number of thiophene rings is 1. The number of fused-ring (bicyclic) bond motifs is 1. The SMILES string of the molecule is CCC[C@@H](C)NC(=O)COC(=O)Cc1c(C(=O)OC)sc2nc(C)[nH]c(=O)c12. The minimum atomic E-state index is -0.733. The lowest BCUT2D eigenvalue weighted by Crippen LogP contribution is -2.35. The smallest absolute Gasteiger partial charge is 0.348 e. The number of carbonyl (C=O) groups excluding carboxylic acids is 3. The number of rotatable bonds is 8. The average Bonchev–Trinajstić information content (AvgIpc) is 2.97. The topological polar surface area (TPSA) is 127 Å². The minimum absolute atomic E-state index is 0.0178. The monoisotopic (exact) mass is 409 g/mol. The highest BCUT2D eigenvalue weighted by molar-refractivity contribution is 7.20. The molecule has 2 rings (SSSR count). The zero-order valence-electron chi connectivity index (χ0n) is 16.2. The fourth-order valence-electron chi connectivity index (χ4n) is 2.76. The van der Waals surface area contributed by atoms with Gasteiger partial charge in [0.1, 0.15) is 15.5 Å². The number of amides is 1. The van der Waals surface area contributed by atoms with Crippen molar-refractivity contribution >= 4 is 39.4 Å². The van der Waals surface area contributed by atoms with Crippen LogP contribution >= 0.6 is 11.3 Å². The molecule has 9 nitrogen and oxygen atoms in total. The fraction of sp³-hybridized carbons (Fsp3) is 0.500. The van der Waals surface area contributed by atoms with Crippen molar-refractivity contribution < 1.29 is 23.9 Å². The van der Waals surface area contributed by atoms with Crippen LogP contribution in [0.3, 0.4) is 0 Å². The quantitative estimate of drug-likeness (QED) is 0.632. The van der Waals surface area contributed by atoms with E-state index in [4.69, 9.17) is 9.47 Å². The molecule has 152 valence electrons. The Balaban J connectivity index is 2.18. The molecule has 28 heavy (non-hydrogen) atoms. The van der Waals surface area contributed by atoms with Crippen LogP contribution in [0, 0.1) is 6.92 Å². The molecule has 2 aromatic rings. The predicted molar refractivity (Wildman–Crippen MR) is 103 cm³/mol. The first-order valence-electron chi connectivity index (χ1n) is 8.82. The number of nitrogens with zero attached hydrogens (tertiary/aromatic N) is 1. The molecule has 2 aromatic heterocycles. The fourth-order valence-corrected chi connectivity index (χ4v) is 3.92. The third-order valence-corrected chi connectivity index (χ3v) is 5.07. The van der Waals surface area contributed by atoms with Gasteiger partial charge in [0.15, 0.2) is 6.61 Å². The molecule has 0 bridgehead atoms. The van der Waals surface area contributed by atoms with E-state index < -0.39 is 30.0 Å². The number of methoxy groups -OCH3 is 1. The number of carbonyl (C=O) groups is 3. The molecule has 0 saturated heterocycles. The lowest BCUT2D eigenvalue weighted by atomic mass is 10.1. The number of aryl methyl sites for hydroxylation is 1. The van der Waals surface area contributed by atoms with Crippen molar-refractivity contribution in [1.29, 1.82) is 0 Å². The van der Waals surface area contributed by atoms with Gasteiger partial charge in [0.2, 0.25) is 0 Å². The number of ether oxygens (including phenoxy) is 2. The van der Waals surface area contributed by atoms with E-state index in [1.54, 1.807) is 6.92 Å². The van der Waals surface area contributed by atoms with E-state index in [9.17, 15) is 19.2 Å². The number of H-pyrrole nitrogens is 1. The maximum Gasteiger partial charge on any atom is 0.348 e. The van der Waals surface area contributed by atoms with Gasteiger partial charge >= 0.3 is 11.9 Å². The first kappa shape index (κ1) is 21.5. The van der Waals surface area contributed by atoms with Gasteiger partial charge in [0.05, 0.1) is 18.9 Å². The average molecular weight is 409 g/mol. The summed E-state index contributed by atoms with van der Waals surface area (Å²) in [5, 5.41) is 2.87.